The Hall–Kier alpha value is -7.94. The molecule has 0 bridgehead atoms. The molecule has 0 amide bonds. The van der Waals surface area contributed by atoms with Crippen LogP contribution in [0, 0.1) is 0 Å². The van der Waals surface area contributed by atoms with Crippen LogP contribution in [-0.4, -0.2) is 9.97 Å². The van der Waals surface area contributed by atoms with Crippen LogP contribution in [0.15, 0.2) is 231 Å². The molecule has 2 heteroatoms. The summed E-state index contributed by atoms with van der Waals surface area (Å²) in [5.74, 6) is 0.708. The zero-order valence-corrected chi connectivity index (χ0v) is 32.8. The van der Waals surface area contributed by atoms with Gasteiger partial charge < -0.3 is 0 Å². The van der Waals surface area contributed by atoms with E-state index in [1.54, 1.807) is 0 Å². The lowest BCUT2D eigenvalue weighted by Gasteiger charge is -2.19. The van der Waals surface area contributed by atoms with Gasteiger partial charge in [-0.1, -0.05) is 224 Å². The molecule has 0 saturated heterocycles. The Morgan fingerprint density at radius 2 is 0.617 bits per heavy atom. The molecule has 11 aromatic rings. The summed E-state index contributed by atoms with van der Waals surface area (Å²) < 4.78 is 0. The highest BCUT2D eigenvalue weighted by molar-refractivity contribution is 6.27. The summed E-state index contributed by atoms with van der Waals surface area (Å²) in [5, 5.41) is 7.57. The Labute approximate surface area is 349 Å². The third-order valence-electron chi connectivity index (χ3n) is 11.7. The summed E-state index contributed by atoms with van der Waals surface area (Å²) in [4.78, 5) is 10.2. The first-order valence-electron chi connectivity index (χ1n) is 20.5. The van der Waals surface area contributed by atoms with Crippen LogP contribution in [0.4, 0.5) is 0 Å². The van der Waals surface area contributed by atoms with E-state index in [1.807, 2.05) is 24.3 Å². The molecule has 0 aliphatic heterocycles. The summed E-state index contributed by atoms with van der Waals surface area (Å²) >= 11 is 0. The summed E-state index contributed by atoms with van der Waals surface area (Å²) in [7, 11) is 0. The molecule has 0 spiro atoms. The van der Waals surface area contributed by atoms with Crippen LogP contribution in [0.3, 0.4) is 0 Å². The lowest BCUT2D eigenvalue weighted by molar-refractivity contribution is 1.18. The minimum atomic E-state index is 0.708. The Bertz CT molecular complexity index is 3300. The molecule has 1 aromatic heterocycles. The number of rotatable bonds is 7. The average molecular weight is 763 g/mol. The normalized spacial score (nSPS) is 11.3. The number of hydrogen-bond acceptors (Lipinski definition) is 2. The molecule has 0 radical (unpaired) electrons. The predicted molar refractivity (Wildman–Crippen MR) is 253 cm³/mol. The SMILES string of the molecule is c1ccc(-c2ccc(-c3cc(-c4ccc(-c5ccc(-c6c7ccccc7c(-c7ccccc7)c7ccc8ccccc8c67)cc5)cc4)nc(-c4ccccc4)n3)cc2)cc1. The highest BCUT2D eigenvalue weighted by Gasteiger charge is 2.19. The molecule has 60 heavy (non-hydrogen) atoms. The van der Waals surface area contributed by atoms with Crippen molar-refractivity contribution in [1.29, 1.82) is 0 Å². The monoisotopic (exact) mass is 762 g/mol. The van der Waals surface area contributed by atoms with Gasteiger partial charge in [-0.3, -0.25) is 0 Å². The fourth-order valence-electron chi connectivity index (χ4n) is 8.75. The molecule has 11 rings (SSSR count). The van der Waals surface area contributed by atoms with Gasteiger partial charge in [0.05, 0.1) is 11.4 Å². The molecule has 0 unspecified atom stereocenters. The summed E-state index contributed by atoms with van der Waals surface area (Å²) in [6.07, 6.45) is 0. The van der Waals surface area contributed by atoms with E-state index in [0.717, 1.165) is 39.2 Å². The van der Waals surface area contributed by atoms with Gasteiger partial charge in [0, 0.05) is 16.7 Å². The second-order valence-corrected chi connectivity index (χ2v) is 15.3. The van der Waals surface area contributed by atoms with Gasteiger partial charge in [-0.05, 0) is 82.9 Å². The van der Waals surface area contributed by atoms with Gasteiger partial charge in [-0.15, -0.1) is 0 Å². The van der Waals surface area contributed by atoms with Gasteiger partial charge in [0.1, 0.15) is 0 Å². The molecule has 0 fully saturated rings. The summed E-state index contributed by atoms with van der Waals surface area (Å²) in [6.45, 7) is 0. The fraction of sp³-hybridized carbons (Fsp3) is 0. The molecule has 0 atom stereocenters. The van der Waals surface area contributed by atoms with E-state index in [0.29, 0.717) is 5.82 Å². The van der Waals surface area contributed by atoms with Crippen molar-refractivity contribution in [3.05, 3.63) is 231 Å². The topological polar surface area (TPSA) is 25.8 Å². The van der Waals surface area contributed by atoms with Gasteiger partial charge >= 0.3 is 0 Å². The second kappa shape index (κ2) is 15.1. The lowest BCUT2D eigenvalue weighted by atomic mass is 9.84. The largest absolute Gasteiger partial charge is 0.228 e. The first kappa shape index (κ1) is 35.2. The molecule has 0 saturated carbocycles. The Morgan fingerprint density at radius 1 is 0.233 bits per heavy atom. The van der Waals surface area contributed by atoms with Crippen molar-refractivity contribution >= 4 is 32.3 Å². The molecule has 1 heterocycles. The van der Waals surface area contributed by atoms with E-state index in [4.69, 9.17) is 9.97 Å². The molecule has 0 N–H and O–H groups in total. The van der Waals surface area contributed by atoms with Crippen molar-refractivity contribution in [3.63, 3.8) is 0 Å². The van der Waals surface area contributed by atoms with Crippen LogP contribution >= 0.6 is 0 Å². The van der Waals surface area contributed by atoms with Gasteiger partial charge in [0.15, 0.2) is 5.82 Å². The Balaban J connectivity index is 0.975. The molecule has 280 valence electrons. The maximum atomic E-state index is 5.10. The summed E-state index contributed by atoms with van der Waals surface area (Å²) in [6, 6.07) is 82.4. The maximum absolute atomic E-state index is 5.10. The van der Waals surface area contributed by atoms with Crippen molar-refractivity contribution in [3.8, 4) is 78.4 Å². The van der Waals surface area contributed by atoms with Gasteiger partial charge in [-0.2, -0.15) is 0 Å². The number of benzene rings is 10. The maximum Gasteiger partial charge on any atom is 0.160 e. The number of hydrogen-bond donors (Lipinski definition) is 0. The van der Waals surface area contributed by atoms with E-state index in [1.165, 1.54) is 65.7 Å². The van der Waals surface area contributed by atoms with Crippen molar-refractivity contribution in [2.75, 3.05) is 0 Å². The average Bonchev–Trinajstić information content (AvgIpc) is 3.34. The van der Waals surface area contributed by atoms with E-state index >= 15 is 0 Å². The Morgan fingerprint density at radius 3 is 1.17 bits per heavy atom. The smallest absolute Gasteiger partial charge is 0.160 e. The molecule has 10 aromatic carbocycles. The van der Waals surface area contributed by atoms with E-state index in [-0.39, 0.29) is 0 Å². The molecule has 0 aliphatic carbocycles. The van der Waals surface area contributed by atoms with Gasteiger partial charge in [-0.25, -0.2) is 9.97 Å². The zero-order valence-electron chi connectivity index (χ0n) is 32.8. The van der Waals surface area contributed by atoms with E-state index in [9.17, 15) is 0 Å². The number of aromatic nitrogens is 2. The molecule has 2 nitrogen and oxygen atoms in total. The fourth-order valence-corrected chi connectivity index (χ4v) is 8.75. The van der Waals surface area contributed by atoms with E-state index in [2.05, 4.69) is 206 Å². The van der Waals surface area contributed by atoms with Crippen LogP contribution in [0.5, 0.6) is 0 Å². The number of fused-ring (bicyclic) bond motifs is 4. The third-order valence-corrected chi connectivity index (χ3v) is 11.7. The first-order chi connectivity index (χ1) is 29.7. The quantitative estimate of drug-likeness (QED) is 0.119. The van der Waals surface area contributed by atoms with Crippen LogP contribution in [0.2, 0.25) is 0 Å². The second-order valence-electron chi connectivity index (χ2n) is 15.3. The molecular weight excluding hydrogens is 725 g/mol. The van der Waals surface area contributed by atoms with Crippen LogP contribution < -0.4 is 0 Å². The minimum absolute atomic E-state index is 0.708. The highest BCUT2D eigenvalue weighted by atomic mass is 14.9. The van der Waals surface area contributed by atoms with Gasteiger partial charge in [0.2, 0.25) is 0 Å². The van der Waals surface area contributed by atoms with Crippen molar-refractivity contribution < 1.29 is 0 Å². The zero-order chi connectivity index (χ0) is 39.8. The van der Waals surface area contributed by atoms with Crippen molar-refractivity contribution in [1.82, 2.24) is 9.97 Å². The lowest BCUT2D eigenvalue weighted by Crippen LogP contribution is -1.96. The van der Waals surface area contributed by atoms with Crippen LogP contribution in [-0.2, 0) is 0 Å². The molecule has 0 aliphatic rings. The summed E-state index contributed by atoms with van der Waals surface area (Å²) in [5.41, 5.74) is 14.5. The third kappa shape index (κ3) is 6.41. The van der Waals surface area contributed by atoms with Crippen molar-refractivity contribution in [2.24, 2.45) is 0 Å². The van der Waals surface area contributed by atoms with Crippen LogP contribution in [0.1, 0.15) is 0 Å². The van der Waals surface area contributed by atoms with Crippen LogP contribution in [0.25, 0.3) is 111 Å². The van der Waals surface area contributed by atoms with E-state index < -0.39 is 0 Å². The first-order valence-corrected chi connectivity index (χ1v) is 20.5. The van der Waals surface area contributed by atoms with Crippen molar-refractivity contribution in [2.45, 2.75) is 0 Å². The number of nitrogens with zero attached hydrogens (tertiary/aromatic N) is 2. The minimum Gasteiger partial charge on any atom is -0.228 e. The molecular formula is C58H38N2. The highest BCUT2D eigenvalue weighted by Crippen LogP contribution is 2.46. The predicted octanol–water partition coefficient (Wildman–Crippen LogP) is 15.6. The Kier molecular flexibility index (Phi) is 8.87. The standard InChI is InChI=1S/C58H38N2/c1-4-14-39(15-5-1)40-24-30-44(31-25-40)53-38-54(60-58(59-53)48-19-8-3-9-20-48)45-32-26-41(27-33-45)42-28-34-47(35-29-42)56-51-23-13-12-22-50(51)55(46-17-6-2-7-18-46)52-37-36-43-16-10-11-21-49(43)57(52)56/h1-38H. The van der Waals surface area contributed by atoms with Gasteiger partial charge in [0.25, 0.3) is 0 Å².